The van der Waals surface area contributed by atoms with Crippen molar-refractivity contribution in [3.8, 4) is 0 Å². The summed E-state index contributed by atoms with van der Waals surface area (Å²) in [7, 11) is 0. The Hall–Kier alpha value is -1.99. The van der Waals surface area contributed by atoms with E-state index in [1.807, 2.05) is 11.8 Å². The van der Waals surface area contributed by atoms with Gasteiger partial charge in [0, 0.05) is 5.75 Å². The molecule has 29 heavy (non-hydrogen) atoms. The number of rotatable bonds is 5. The summed E-state index contributed by atoms with van der Waals surface area (Å²) in [5, 5.41) is 0.307. The Bertz CT molecular complexity index is 880. The van der Waals surface area contributed by atoms with Gasteiger partial charge in [0.2, 0.25) is 0 Å². The highest BCUT2D eigenvalue weighted by molar-refractivity contribution is 7.99. The Kier molecular flexibility index (Phi) is 6.58. The minimum Gasteiger partial charge on any atom is -0.144 e. The molecular weight excluding hydrogens is 368 g/mol. The molecule has 0 saturated carbocycles. The van der Waals surface area contributed by atoms with Crippen LogP contribution in [0.1, 0.15) is 74.6 Å². The molecular formula is C28H34S. The number of hydrogen-bond donors (Lipinski definition) is 0. The van der Waals surface area contributed by atoms with Gasteiger partial charge in [-0.1, -0.05) is 120 Å². The van der Waals surface area contributed by atoms with Gasteiger partial charge in [0.25, 0.3) is 0 Å². The maximum Gasteiger partial charge on any atom is 0.0555 e. The van der Waals surface area contributed by atoms with Gasteiger partial charge < -0.3 is 0 Å². The molecule has 0 aliphatic rings. The summed E-state index contributed by atoms with van der Waals surface area (Å²) in [5.74, 6) is 1.00. The molecule has 3 aromatic rings. The van der Waals surface area contributed by atoms with Crippen molar-refractivity contribution in [3.63, 3.8) is 0 Å². The molecule has 0 nitrogen and oxygen atoms in total. The molecule has 1 atom stereocenters. The van der Waals surface area contributed by atoms with E-state index in [9.17, 15) is 0 Å². The van der Waals surface area contributed by atoms with Gasteiger partial charge >= 0.3 is 0 Å². The Morgan fingerprint density at radius 1 is 0.621 bits per heavy atom. The summed E-state index contributed by atoms with van der Waals surface area (Å²) in [5.41, 5.74) is 7.37. The first-order valence-electron chi connectivity index (χ1n) is 10.5. The Morgan fingerprint density at radius 2 is 1.10 bits per heavy atom. The molecule has 0 amide bonds. The Labute approximate surface area is 181 Å². The maximum absolute atomic E-state index is 2.34. The van der Waals surface area contributed by atoms with Crippen molar-refractivity contribution in [1.29, 1.82) is 0 Å². The maximum atomic E-state index is 2.34. The lowest BCUT2D eigenvalue weighted by Crippen LogP contribution is -2.22. The van der Waals surface area contributed by atoms with E-state index in [1.165, 1.54) is 27.8 Å². The smallest absolute Gasteiger partial charge is 0.0555 e. The molecule has 0 saturated heterocycles. The fraction of sp³-hybridized carbons (Fsp3) is 0.357. The highest BCUT2D eigenvalue weighted by Crippen LogP contribution is 2.46. The molecule has 1 heteroatoms. The summed E-state index contributed by atoms with van der Waals surface area (Å²) >= 11 is 2.04. The van der Waals surface area contributed by atoms with E-state index in [2.05, 4.69) is 120 Å². The quantitative estimate of drug-likeness (QED) is 0.413. The Balaban J connectivity index is 2.16. The number of hydrogen-bond acceptors (Lipinski definition) is 1. The van der Waals surface area contributed by atoms with E-state index in [0.29, 0.717) is 5.25 Å². The van der Waals surface area contributed by atoms with Crippen molar-refractivity contribution < 1.29 is 0 Å². The lowest BCUT2D eigenvalue weighted by molar-refractivity contribution is 0.557. The summed E-state index contributed by atoms with van der Waals surface area (Å²) in [6.07, 6.45) is 0. The number of thioether (sulfide) groups is 1. The lowest BCUT2D eigenvalue weighted by Gasteiger charge is -2.34. The largest absolute Gasteiger partial charge is 0.144 e. The van der Waals surface area contributed by atoms with E-state index in [0.717, 1.165) is 5.75 Å². The molecule has 3 rings (SSSR count). The molecule has 0 aromatic heterocycles. The van der Waals surface area contributed by atoms with Gasteiger partial charge in [0.15, 0.2) is 0 Å². The molecule has 0 aliphatic carbocycles. The van der Waals surface area contributed by atoms with Gasteiger partial charge in [-0.2, -0.15) is 0 Å². The highest BCUT2D eigenvalue weighted by Gasteiger charge is 2.30. The van der Waals surface area contributed by atoms with E-state index < -0.39 is 0 Å². The minimum absolute atomic E-state index is 0.0942. The van der Waals surface area contributed by atoms with Crippen LogP contribution in [0.4, 0.5) is 0 Å². The van der Waals surface area contributed by atoms with Crippen LogP contribution in [0, 0.1) is 0 Å². The fourth-order valence-electron chi connectivity index (χ4n) is 3.88. The fourth-order valence-corrected chi connectivity index (χ4v) is 5.21. The van der Waals surface area contributed by atoms with Crippen LogP contribution in [0.2, 0.25) is 0 Å². The first-order chi connectivity index (χ1) is 13.7. The monoisotopic (exact) mass is 402 g/mol. The lowest BCUT2D eigenvalue weighted by atomic mass is 9.74. The van der Waals surface area contributed by atoms with Crippen LogP contribution in [0.5, 0.6) is 0 Å². The van der Waals surface area contributed by atoms with Gasteiger partial charge in [-0.3, -0.25) is 0 Å². The third-order valence-corrected chi connectivity index (χ3v) is 6.69. The van der Waals surface area contributed by atoms with E-state index in [-0.39, 0.29) is 10.8 Å². The average Bonchev–Trinajstić information content (AvgIpc) is 2.68. The third kappa shape index (κ3) is 5.34. The zero-order valence-corrected chi connectivity index (χ0v) is 19.5. The van der Waals surface area contributed by atoms with Crippen LogP contribution in [0.25, 0.3) is 0 Å². The first-order valence-corrected chi connectivity index (χ1v) is 11.6. The Morgan fingerprint density at radius 3 is 1.59 bits per heavy atom. The summed E-state index contributed by atoms with van der Waals surface area (Å²) in [4.78, 5) is 0. The van der Waals surface area contributed by atoms with Gasteiger partial charge in [-0.25, -0.2) is 0 Å². The second-order valence-electron chi connectivity index (χ2n) is 9.85. The third-order valence-electron chi connectivity index (χ3n) is 5.35. The van der Waals surface area contributed by atoms with Crippen molar-refractivity contribution in [2.24, 2.45) is 0 Å². The highest BCUT2D eigenvalue weighted by atomic mass is 32.2. The van der Waals surface area contributed by atoms with Crippen molar-refractivity contribution in [2.45, 2.75) is 63.4 Å². The van der Waals surface area contributed by atoms with Gasteiger partial charge in [0.1, 0.15) is 0 Å². The molecule has 0 radical (unpaired) electrons. The standard InChI is InChI=1S/C28H34S/c1-27(2,3)23-18-13-19-24(28(4,5)6)25(23)26(22-16-11-8-12-17-22)29-20-21-14-9-7-10-15-21/h7-19,26H,20H2,1-6H3. The molecule has 0 bridgehead atoms. The van der Waals surface area contributed by atoms with Crippen molar-refractivity contribution in [2.75, 3.05) is 0 Å². The van der Waals surface area contributed by atoms with E-state index >= 15 is 0 Å². The summed E-state index contributed by atoms with van der Waals surface area (Å²) in [6, 6.07) is 28.8. The first kappa shape index (κ1) is 21.7. The molecule has 0 N–H and O–H groups in total. The predicted octanol–water partition coefficient (Wildman–Crippen LogP) is 8.30. The molecule has 0 spiro atoms. The van der Waals surface area contributed by atoms with Gasteiger partial charge in [-0.05, 0) is 38.6 Å². The minimum atomic E-state index is 0.0942. The van der Waals surface area contributed by atoms with Crippen LogP contribution in [0.3, 0.4) is 0 Å². The van der Waals surface area contributed by atoms with Gasteiger partial charge in [0.05, 0.1) is 5.25 Å². The summed E-state index contributed by atoms with van der Waals surface area (Å²) in [6.45, 7) is 14.0. The van der Waals surface area contributed by atoms with Crippen molar-refractivity contribution >= 4 is 11.8 Å². The topological polar surface area (TPSA) is 0 Å². The second kappa shape index (κ2) is 8.79. The molecule has 3 aromatic carbocycles. The predicted molar refractivity (Wildman–Crippen MR) is 130 cm³/mol. The molecule has 0 fully saturated rings. The van der Waals surface area contributed by atoms with Crippen LogP contribution in [-0.4, -0.2) is 0 Å². The SMILES string of the molecule is CC(C)(C)c1cccc(C(C)(C)C)c1C(SCc1ccccc1)c1ccccc1. The second-order valence-corrected chi connectivity index (χ2v) is 10.9. The van der Waals surface area contributed by atoms with E-state index in [1.54, 1.807) is 0 Å². The van der Waals surface area contributed by atoms with Crippen molar-refractivity contribution in [1.82, 2.24) is 0 Å². The van der Waals surface area contributed by atoms with Crippen LogP contribution < -0.4 is 0 Å². The summed E-state index contributed by atoms with van der Waals surface area (Å²) < 4.78 is 0. The van der Waals surface area contributed by atoms with Crippen LogP contribution in [-0.2, 0) is 16.6 Å². The number of benzene rings is 3. The zero-order valence-electron chi connectivity index (χ0n) is 18.7. The van der Waals surface area contributed by atoms with Crippen LogP contribution in [0.15, 0.2) is 78.9 Å². The normalized spacial score (nSPS) is 13.3. The average molecular weight is 403 g/mol. The molecule has 1 unspecified atom stereocenters. The molecule has 0 heterocycles. The van der Waals surface area contributed by atoms with E-state index in [4.69, 9.17) is 0 Å². The molecule has 0 aliphatic heterocycles. The molecule has 152 valence electrons. The van der Waals surface area contributed by atoms with Gasteiger partial charge in [-0.15, -0.1) is 11.8 Å². The van der Waals surface area contributed by atoms with Crippen LogP contribution >= 0.6 is 11.8 Å². The van der Waals surface area contributed by atoms with Crippen molar-refractivity contribution in [3.05, 3.63) is 107 Å². The zero-order chi connectivity index (χ0) is 21.1.